The molecule has 0 amide bonds. The Bertz CT molecular complexity index is 429. The van der Waals surface area contributed by atoms with Crippen LogP contribution in [0.5, 0.6) is 0 Å². The summed E-state index contributed by atoms with van der Waals surface area (Å²) >= 11 is 0. The summed E-state index contributed by atoms with van der Waals surface area (Å²) in [4.78, 5) is 22.4. The molecule has 70 valence electrons. The van der Waals surface area contributed by atoms with E-state index in [-0.39, 0.29) is 17.8 Å². The minimum Gasteiger partial charge on any atom is -0.504 e. The van der Waals surface area contributed by atoms with Gasteiger partial charge in [-0.15, -0.1) is 0 Å². The first-order chi connectivity index (χ1) is 6.70. The molecule has 0 unspecified atom stereocenters. The van der Waals surface area contributed by atoms with Crippen molar-refractivity contribution in [1.29, 1.82) is 0 Å². The predicted octanol–water partition coefficient (Wildman–Crippen LogP) is 1.50. The lowest BCUT2D eigenvalue weighted by atomic mass is 10.0. The van der Waals surface area contributed by atoms with Gasteiger partial charge in [0.1, 0.15) is 0 Å². The number of aliphatic hydroxyl groups excluding tert-OH is 1. The van der Waals surface area contributed by atoms with Crippen molar-refractivity contribution in [2.75, 3.05) is 0 Å². The van der Waals surface area contributed by atoms with E-state index in [1.54, 1.807) is 24.3 Å². The van der Waals surface area contributed by atoms with Crippen molar-refractivity contribution in [3.8, 4) is 0 Å². The van der Waals surface area contributed by atoms with E-state index in [4.69, 9.17) is 0 Å². The minimum absolute atomic E-state index is 0.149. The number of benzene rings is 1. The van der Waals surface area contributed by atoms with Crippen LogP contribution in [0.15, 0.2) is 36.1 Å². The maximum Gasteiger partial charge on any atom is 0.205 e. The van der Waals surface area contributed by atoms with Gasteiger partial charge in [0.25, 0.3) is 0 Å². The first kappa shape index (κ1) is 8.69. The molecule has 0 bridgehead atoms. The molecule has 1 N–H and O–H groups in total. The maximum absolute atomic E-state index is 11.4. The summed E-state index contributed by atoms with van der Waals surface area (Å²) in [5, 5.41) is 9.39. The van der Waals surface area contributed by atoms with Gasteiger partial charge in [-0.3, -0.25) is 9.59 Å². The van der Waals surface area contributed by atoms with Crippen molar-refractivity contribution < 1.29 is 14.7 Å². The molecule has 1 aromatic carbocycles. The highest BCUT2D eigenvalue weighted by Crippen LogP contribution is 2.26. The predicted molar refractivity (Wildman–Crippen MR) is 50.6 cm³/mol. The highest BCUT2D eigenvalue weighted by Gasteiger charge is 2.30. The van der Waals surface area contributed by atoms with Gasteiger partial charge in [0.05, 0.1) is 12.0 Å². The summed E-state index contributed by atoms with van der Waals surface area (Å²) in [6.07, 6.45) is -0.212. The first-order valence-corrected chi connectivity index (χ1v) is 4.25. The van der Waals surface area contributed by atoms with Gasteiger partial charge in [-0.05, 0) is 5.56 Å². The summed E-state index contributed by atoms with van der Waals surface area (Å²) in [5.74, 6) is -1.20. The molecule has 3 heteroatoms. The second-order valence-electron chi connectivity index (χ2n) is 3.11. The molecule has 1 aliphatic carbocycles. The number of rotatable bonds is 1. The zero-order chi connectivity index (χ0) is 10.1. The summed E-state index contributed by atoms with van der Waals surface area (Å²) in [6, 6.07) is 8.71. The van der Waals surface area contributed by atoms with E-state index in [2.05, 4.69) is 0 Å². The van der Waals surface area contributed by atoms with Crippen molar-refractivity contribution in [1.82, 2.24) is 0 Å². The van der Waals surface area contributed by atoms with Crippen molar-refractivity contribution in [2.45, 2.75) is 6.42 Å². The lowest BCUT2D eigenvalue weighted by molar-refractivity contribution is -0.121. The Balaban J connectivity index is 2.54. The molecule has 14 heavy (non-hydrogen) atoms. The monoisotopic (exact) mass is 188 g/mol. The zero-order valence-electron chi connectivity index (χ0n) is 7.36. The van der Waals surface area contributed by atoms with Crippen LogP contribution in [0.1, 0.15) is 12.0 Å². The normalized spacial score (nSPS) is 16.6. The molecule has 0 saturated heterocycles. The van der Waals surface area contributed by atoms with E-state index in [1.807, 2.05) is 6.07 Å². The van der Waals surface area contributed by atoms with Gasteiger partial charge in [0, 0.05) is 0 Å². The fraction of sp³-hybridized carbons (Fsp3) is 0.0909. The Hall–Kier alpha value is -1.90. The van der Waals surface area contributed by atoms with Gasteiger partial charge >= 0.3 is 0 Å². The van der Waals surface area contributed by atoms with Crippen LogP contribution in [-0.4, -0.2) is 16.7 Å². The molecular formula is C11H8O3. The molecule has 0 atom stereocenters. The van der Waals surface area contributed by atoms with Crippen LogP contribution in [0.2, 0.25) is 0 Å². The molecule has 0 saturated carbocycles. The minimum atomic E-state index is -0.492. The number of carbonyl (C=O) groups is 2. The fourth-order valence-electron chi connectivity index (χ4n) is 1.49. The maximum atomic E-state index is 11.4. The number of hydrogen-bond acceptors (Lipinski definition) is 3. The van der Waals surface area contributed by atoms with E-state index in [0.717, 1.165) is 0 Å². The van der Waals surface area contributed by atoms with Gasteiger partial charge in [-0.25, -0.2) is 0 Å². The van der Waals surface area contributed by atoms with Crippen LogP contribution >= 0.6 is 0 Å². The van der Waals surface area contributed by atoms with Crippen LogP contribution in [0.4, 0.5) is 0 Å². The molecule has 1 aromatic rings. The Morgan fingerprint density at radius 2 is 1.64 bits per heavy atom. The Morgan fingerprint density at radius 3 is 2.14 bits per heavy atom. The largest absolute Gasteiger partial charge is 0.504 e. The molecular weight excluding hydrogens is 180 g/mol. The standard InChI is InChI=1S/C11H8O3/c12-8-6-9(13)11(14)10(8)7-4-2-1-3-5-7/h1-5,14H,6H2. The van der Waals surface area contributed by atoms with Crippen LogP contribution in [0.25, 0.3) is 5.57 Å². The molecule has 0 aliphatic heterocycles. The third kappa shape index (κ3) is 1.23. The lowest BCUT2D eigenvalue weighted by Gasteiger charge is -1.99. The Labute approximate surface area is 80.7 Å². The molecule has 2 rings (SSSR count). The average molecular weight is 188 g/mol. The van der Waals surface area contributed by atoms with Gasteiger partial charge in [-0.1, -0.05) is 30.3 Å². The van der Waals surface area contributed by atoms with Crippen LogP contribution in [0.3, 0.4) is 0 Å². The molecule has 3 nitrogen and oxygen atoms in total. The third-order valence-corrected chi connectivity index (χ3v) is 2.16. The molecule has 0 heterocycles. The van der Waals surface area contributed by atoms with Gasteiger partial charge in [-0.2, -0.15) is 0 Å². The zero-order valence-corrected chi connectivity index (χ0v) is 7.36. The second-order valence-corrected chi connectivity index (χ2v) is 3.11. The van der Waals surface area contributed by atoms with E-state index in [9.17, 15) is 14.7 Å². The van der Waals surface area contributed by atoms with Gasteiger partial charge < -0.3 is 5.11 Å². The van der Waals surface area contributed by atoms with Crippen LogP contribution in [-0.2, 0) is 9.59 Å². The fourth-order valence-corrected chi connectivity index (χ4v) is 1.49. The van der Waals surface area contributed by atoms with Crippen LogP contribution in [0, 0.1) is 0 Å². The molecule has 0 aromatic heterocycles. The van der Waals surface area contributed by atoms with Crippen LogP contribution < -0.4 is 0 Å². The molecule has 1 aliphatic rings. The molecule has 0 spiro atoms. The number of allylic oxidation sites excluding steroid dienone is 2. The Morgan fingerprint density at radius 1 is 1.00 bits per heavy atom. The van der Waals surface area contributed by atoms with Crippen molar-refractivity contribution in [3.63, 3.8) is 0 Å². The summed E-state index contributed by atoms with van der Waals surface area (Å²) in [6.45, 7) is 0. The number of ketones is 2. The number of aliphatic hydroxyl groups is 1. The third-order valence-electron chi connectivity index (χ3n) is 2.16. The number of carbonyl (C=O) groups excluding carboxylic acids is 2. The SMILES string of the molecule is O=C1CC(=O)C(c2ccccc2)=C1O. The summed E-state index contributed by atoms with van der Waals surface area (Å²) in [5.41, 5.74) is 0.747. The van der Waals surface area contributed by atoms with Crippen molar-refractivity contribution in [2.24, 2.45) is 0 Å². The number of Topliss-reactive ketones (excluding diaryl/α,β-unsaturated/α-hetero) is 2. The second kappa shape index (κ2) is 3.10. The van der Waals surface area contributed by atoms with Gasteiger partial charge in [0.15, 0.2) is 11.5 Å². The highest BCUT2D eigenvalue weighted by atomic mass is 16.3. The van der Waals surface area contributed by atoms with E-state index in [0.29, 0.717) is 5.56 Å². The van der Waals surface area contributed by atoms with Crippen molar-refractivity contribution >= 4 is 17.1 Å². The van der Waals surface area contributed by atoms with E-state index in [1.165, 1.54) is 0 Å². The first-order valence-electron chi connectivity index (χ1n) is 4.25. The molecule has 0 radical (unpaired) electrons. The summed E-state index contributed by atoms with van der Waals surface area (Å²) in [7, 11) is 0. The highest BCUT2D eigenvalue weighted by molar-refractivity contribution is 6.37. The van der Waals surface area contributed by atoms with Gasteiger partial charge in [0.2, 0.25) is 5.78 Å². The quantitative estimate of drug-likeness (QED) is 0.679. The van der Waals surface area contributed by atoms with Crippen molar-refractivity contribution in [3.05, 3.63) is 41.7 Å². The Kier molecular flexibility index (Phi) is 1.93. The van der Waals surface area contributed by atoms with E-state index >= 15 is 0 Å². The smallest absolute Gasteiger partial charge is 0.205 e. The van der Waals surface area contributed by atoms with E-state index < -0.39 is 11.5 Å². The topological polar surface area (TPSA) is 54.4 Å². The molecule has 0 fully saturated rings. The average Bonchev–Trinajstić information content (AvgIpc) is 2.43. The lowest BCUT2D eigenvalue weighted by Crippen LogP contribution is -1.96. The number of hydrogen-bond donors (Lipinski definition) is 1. The summed E-state index contributed by atoms with van der Waals surface area (Å²) < 4.78 is 0.